The number of aliphatic carboxylic acids is 1. The number of carbonyl (C=O) groups excluding carboxylic acids is 5. The van der Waals surface area contributed by atoms with Gasteiger partial charge in [0.15, 0.2) is 0 Å². The van der Waals surface area contributed by atoms with Gasteiger partial charge in [-0.3, -0.25) is 28.9 Å². The topological polar surface area (TPSA) is 231 Å². The molecular weight excluding hydrogens is 813 g/mol. The van der Waals surface area contributed by atoms with Crippen molar-refractivity contribution in [1.82, 2.24) is 24.9 Å². The highest BCUT2D eigenvalue weighted by Crippen LogP contribution is 2.40. The minimum atomic E-state index is -5.08. The van der Waals surface area contributed by atoms with E-state index in [1.807, 2.05) is 51.1 Å². The number of rotatable bonds is 14. The fraction of sp³-hybridized carbons (Fsp3) is 0.439. The van der Waals surface area contributed by atoms with E-state index in [0.29, 0.717) is 24.2 Å². The first-order valence-corrected chi connectivity index (χ1v) is 19.2. The molecular formula is C41H50F5N7O8. The number of carbonyl (C=O) groups is 6. The van der Waals surface area contributed by atoms with Gasteiger partial charge < -0.3 is 31.9 Å². The van der Waals surface area contributed by atoms with E-state index in [1.165, 1.54) is 21.7 Å². The van der Waals surface area contributed by atoms with Crippen LogP contribution in [0.3, 0.4) is 0 Å². The molecule has 7 N–H and O–H groups in total. The van der Waals surface area contributed by atoms with E-state index in [0.717, 1.165) is 54.3 Å². The molecule has 1 fully saturated rings. The molecule has 0 bridgehead atoms. The van der Waals surface area contributed by atoms with Gasteiger partial charge in [-0.1, -0.05) is 63.9 Å². The standard InChI is InChI=1S/C27H33F2N5O3.C12H16N2O3.C2HF3O2/c1-27(2,3)25(33(23(36)16-35)12-11-21(30)26(31)37)24-18(13-17-7-5-4-6-8-17)15-34(32-24)22-14-19(28)9-10-20(22)29;15-10-5-6-11(16)14(10)8-7-13-12(17)9-3-1-2-4-9;3-2(4,5)1(6)7/h4-10,14-15,21,25,35H,11-13,16,30H2,1-3H3,(H2,31,37);5-6,9H,1-4,7-8H2,(H,13,17);(H,6,7)/t21-,25?;;/m0../s1. The van der Waals surface area contributed by atoms with Crippen LogP contribution in [0.1, 0.15) is 75.7 Å². The molecule has 3 aromatic rings. The molecule has 2 aliphatic rings. The Morgan fingerprint density at radius 2 is 1.57 bits per heavy atom. The number of nitrogens with zero attached hydrogens (tertiary/aromatic N) is 4. The number of aliphatic hydroxyl groups is 1. The lowest BCUT2D eigenvalue weighted by molar-refractivity contribution is -0.192. The summed E-state index contributed by atoms with van der Waals surface area (Å²) in [5.41, 5.74) is 12.5. The molecule has 1 aliphatic carbocycles. The zero-order valence-corrected chi connectivity index (χ0v) is 33.8. The van der Waals surface area contributed by atoms with Crippen molar-refractivity contribution >= 4 is 35.5 Å². The van der Waals surface area contributed by atoms with Crippen molar-refractivity contribution < 1.29 is 60.9 Å². The van der Waals surface area contributed by atoms with Gasteiger partial charge in [0.1, 0.15) is 23.9 Å². The molecule has 2 heterocycles. The highest BCUT2D eigenvalue weighted by atomic mass is 19.4. The van der Waals surface area contributed by atoms with E-state index in [2.05, 4.69) is 10.4 Å². The molecule has 1 saturated carbocycles. The fourth-order valence-corrected chi connectivity index (χ4v) is 6.60. The van der Waals surface area contributed by atoms with Gasteiger partial charge >= 0.3 is 12.1 Å². The number of primary amides is 1. The SMILES string of the molecule is CC(C)(C)C(c1nn(-c2cc(F)ccc2F)cc1Cc1ccccc1)N(CC[C@H](N)C(N)=O)C(=O)CO.O=C(NCCN1C(=O)C=CC1=O)C1CCCC1.O=C(O)C(F)(F)F. The normalized spacial score (nSPS) is 15.0. The van der Waals surface area contributed by atoms with Gasteiger partial charge in [-0.2, -0.15) is 18.3 Å². The van der Waals surface area contributed by atoms with Crippen LogP contribution in [0.2, 0.25) is 0 Å². The number of nitrogens with one attached hydrogen (secondary N) is 1. The number of benzene rings is 2. The summed E-state index contributed by atoms with van der Waals surface area (Å²) in [7, 11) is 0. The second kappa shape index (κ2) is 22.0. The Hall–Kier alpha value is -6.02. The molecule has 0 saturated heterocycles. The Morgan fingerprint density at radius 1 is 0.984 bits per heavy atom. The van der Waals surface area contributed by atoms with Crippen LogP contribution in [-0.2, 0) is 35.2 Å². The molecule has 1 aromatic heterocycles. The van der Waals surface area contributed by atoms with E-state index in [4.69, 9.17) is 21.4 Å². The highest BCUT2D eigenvalue weighted by molar-refractivity contribution is 6.12. The number of halogens is 5. The number of amides is 5. The van der Waals surface area contributed by atoms with Crippen LogP contribution < -0.4 is 16.8 Å². The van der Waals surface area contributed by atoms with Crippen molar-refractivity contribution in [2.24, 2.45) is 22.8 Å². The Labute approximate surface area is 348 Å². The first-order chi connectivity index (χ1) is 28.5. The van der Waals surface area contributed by atoms with Crippen molar-refractivity contribution in [1.29, 1.82) is 0 Å². The van der Waals surface area contributed by atoms with Crippen molar-refractivity contribution in [3.8, 4) is 5.69 Å². The van der Waals surface area contributed by atoms with Gasteiger partial charge in [0.25, 0.3) is 11.8 Å². The third-order valence-corrected chi connectivity index (χ3v) is 9.61. The number of nitrogens with two attached hydrogens (primary N) is 2. The first-order valence-electron chi connectivity index (χ1n) is 19.2. The summed E-state index contributed by atoms with van der Waals surface area (Å²) in [6.07, 6.45) is 3.65. The summed E-state index contributed by atoms with van der Waals surface area (Å²) < 4.78 is 61.7. The average molecular weight is 864 g/mol. The number of carboxylic acids is 1. The lowest BCUT2D eigenvalue weighted by Crippen LogP contribution is -2.46. The minimum absolute atomic E-state index is 0.0252. The second-order valence-corrected chi connectivity index (χ2v) is 15.3. The molecule has 20 heteroatoms. The largest absolute Gasteiger partial charge is 0.490 e. The molecule has 0 spiro atoms. The molecule has 1 unspecified atom stereocenters. The van der Waals surface area contributed by atoms with Crippen LogP contribution in [0, 0.1) is 23.0 Å². The van der Waals surface area contributed by atoms with Gasteiger partial charge in [0.05, 0.1) is 17.8 Å². The zero-order valence-electron chi connectivity index (χ0n) is 33.8. The molecule has 5 amide bonds. The van der Waals surface area contributed by atoms with Crippen molar-refractivity contribution in [3.05, 3.63) is 95.3 Å². The van der Waals surface area contributed by atoms with E-state index < -0.39 is 59.7 Å². The maximum absolute atomic E-state index is 14.7. The number of alkyl halides is 3. The summed E-state index contributed by atoms with van der Waals surface area (Å²) in [6.45, 7) is 5.55. The summed E-state index contributed by atoms with van der Waals surface area (Å²) in [5.74, 6) is -5.77. The molecule has 332 valence electrons. The van der Waals surface area contributed by atoms with Crippen LogP contribution >= 0.6 is 0 Å². The molecule has 15 nitrogen and oxygen atoms in total. The van der Waals surface area contributed by atoms with Crippen LogP contribution in [0.25, 0.3) is 5.69 Å². The van der Waals surface area contributed by atoms with Crippen LogP contribution in [0.5, 0.6) is 0 Å². The molecule has 1 aliphatic heterocycles. The van der Waals surface area contributed by atoms with Crippen LogP contribution in [-0.4, -0.2) is 104 Å². The lowest BCUT2D eigenvalue weighted by atomic mass is 9.81. The number of aliphatic hydroxyl groups excluding tert-OH is 1. The quantitative estimate of drug-likeness (QED) is 0.117. The Morgan fingerprint density at radius 3 is 2.10 bits per heavy atom. The number of carboxylic acid groups (broad SMARTS) is 1. The van der Waals surface area contributed by atoms with E-state index in [9.17, 15) is 51.0 Å². The average Bonchev–Trinajstić information content (AvgIpc) is 3.95. The zero-order chi connectivity index (χ0) is 45.7. The summed E-state index contributed by atoms with van der Waals surface area (Å²) in [5, 5.41) is 24.3. The van der Waals surface area contributed by atoms with Gasteiger partial charge in [0, 0.05) is 62.0 Å². The van der Waals surface area contributed by atoms with Gasteiger partial charge in [-0.05, 0) is 42.4 Å². The minimum Gasteiger partial charge on any atom is -0.475 e. The molecule has 2 aromatic carbocycles. The van der Waals surface area contributed by atoms with Gasteiger partial charge in [-0.25, -0.2) is 18.3 Å². The highest BCUT2D eigenvalue weighted by Gasteiger charge is 2.39. The van der Waals surface area contributed by atoms with Crippen molar-refractivity contribution in [2.45, 2.75) is 77.6 Å². The Kier molecular flexibility index (Phi) is 17.8. The van der Waals surface area contributed by atoms with Gasteiger partial charge in [0.2, 0.25) is 17.7 Å². The number of imide groups is 1. The monoisotopic (exact) mass is 863 g/mol. The second-order valence-electron chi connectivity index (χ2n) is 15.3. The van der Waals surface area contributed by atoms with E-state index in [-0.39, 0.29) is 48.8 Å². The third-order valence-electron chi connectivity index (χ3n) is 9.61. The Balaban J connectivity index is 0.000000338. The van der Waals surface area contributed by atoms with Crippen molar-refractivity contribution in [2.75, 3.05) is 26.2 Å². The predicted molar refractivity (Wildman–Crippen MR) is 210 cm³/mol. The maximum Gasteiger partial charge on any atom is 0.490 e. The number of hydrogen-bond donors (Lipinski definition) is 5. The number of aromatic nitrogens is 2. The first kappa shape index (κ1) is 49.3. The third kappa shape index (κ3) is 14.6. The van der Waals surface area contributed by atoms with E-state index >= 15 is 0 Å². The maximum atomic E-state index is 14.7. The summed E-state index contributed by atoms with van der Waals surface area (Å²) >= 11 is 0. The summed E-state index contributed by atoms with van der Waals surface area (Å²) in [6, 6.07) is 10.9. The molecule has 2 atom stereocenters. The summed E-state index contributed by atoms with van der Waals surface area (Å²) in [4.78, 5) is 70.1. The van der Waals surface area contributed by atoms with Crippen LogP contribution in [0.15, 0.2) is 66.9 Å². The van der Waals surface area contributed by atoms with E-state index in [1.54, 1.807) is 6.20 Å². The predicted octanol–water partition coefficient (Wildman–Crippen LogP) is 3.70. The smallest absolute Gasteiger partial charge is 0.475 e. The number of hydrogen-bond acceptors (Lipinski definition) is 9. The Bertz CT molecular complexity index is 2030. The molecule has 5 rings (SSSR count). The van der Waals surface area contributed by atoms with Crippen molar-refractivity contribution in [3.63, 3.8) is 0 Å². The fourth-order valence-electron chi connectivity index (χ4n) is 6.60. The molecule has 61 heavy (non-hydrogen) atoms. The molecule has 0 radical (unpaired) electrons. The van der Waals surface area contributed by atoms with Crippen LogP contribution in [0.4, 0.5) is 22.0 Å². The lowest BCUT2D eigenvalue weighted by Gasteiger charge is -2.40. The van der Waals surface area contributed by atoms with Gasteiger partial charge in [-0.15, -0.1) is 0 Å².